The summed E-state index contributed by atoms with van der Waals surface area (Å²) in [5.74, 6) is -1.19. The van der Waals surface area contributed by atoms with Gasteiger partial charge in [-0.25, -0.2) is 4.79 Å². The minimum Gasteiger partial charge on any atom is -0.389 e. The molecule has 7 nitrogen and oxygen atoms in total. The molecule has 7 heteroatoms. The van der Waals surface area contributed by atoms with Gasteiger partial charge in [-0.1, -0.05) is 0 Å². The molecule has 0 aliphatic rings. The molecule has 11 heavy (non-hydrogen) atoms. The number of aromatic amines is 1. The Hall–Kier alpha value is -1.92. The predicted molar refractivity (Wildman–Crippen MR) is 32.3 cm³/mol. The van der Waals surface area contributed by atoms with Crippen LogP contribution in [0.2, 0.25) is 0 Å². The lowest BCUT2D eigenvalue weighted by Crippen LogP contribution is -2.05. The number of hydrogen-bond donors (Lipinski definition) is 2. The monoisotopic (exact) mass is 156 g/mol. The zero-order valence-electron chi connectivity index (χ0n) is 5.27. The maximum absolute atomic E-state index is 10.6. The third-order valence-corrected chi connectivity index (χ3v) is 0.851. The molecule has 0 aromatic carbocycles. The van der Waals surface area contributed by atoms with Crippen LogP contribution < -0.4 is 5.73 Å². The summed E-state index contributed by atoms with van der Waals surface area (Å²) in [4.78, 5) is 23.7. The molecule has 1 rings (SSSR count). The molecule has 3 N–H and O–H groups in total. The Balaban J connectivity index is 2.76. The van der Waals surface area contributed by atoms with Crippen molar-refractivity contribution in [1.82, 2.24) is 15.2 Å². The van der Waals surface area contributed by atoms with Crippen molar-refractivity contribution >= 4 is 18.4 Å². The first-order valence-electron chi connectivity index (χ1n) is 2.56. The van der Waals surface area contributed by atoms with E-state index in [0.29, 0.717) is 0 Å². The molecule has 0 spiro atoms. The van der Waals surface area contributed by atoms with Gasteiger partial charge in [0.15, 0.2) is 0 Å². The number of hydrogen-bond acceptors (Lipinski definition) is 6. The van der Waals surface area contributed by atoms with Crippen molar-refractivity contribution in [2.75, 3.05) is 5.73 Å². The summed E-state index contributed by atoms with van der Waals surface area (Å²) < 4.78 is 3.93. The van der Waals surface area contributed by atoms with E-state index in [1.165, 1.54) is 0 Å². The van der Waals surface area contributed by atoms with E-state index in [2.05, 4.69) is 19.9 Å². The maximum Gasteiger partial charge on any atom is 0.383 e. The lowest BCUT2D eigenvalue weighted by molar-refractivity contribution is -0.123. The van der Waals surface area contributed by atoms with Crippen LogP contribution in [0.3, 0.4) is 0 Å². The Bertz CT molecular complexity index is 281. The molecule has 1 aromatic rings. The molecular formula is C4H4N4O3. The van der Waals surface area contributed by atoms with Gasteiger partial charge < -0.3 is 10.5 Å². The van der Waals surface area contributed by atoms with Crippen LogP contribution in [0, 0.1) is 0 Å². The summed E-state index contributed by atoms with van der Waals surface area (Å²) in [5.41, 5.74) is 5.06. The second kappa shape index (κ2) is 2.78. The highest BCUT2D eigenvalue weighted by Crippen LogP contribution is 1.93. The van der Waals surface area contributed by atoms with Crippen LogP contribution in [0.25, 0.3) is 0 Å². The fourth-order valence-electron chi connectivity index (χ4n) is 0.466. The van der Waals surface area contributed by atoms with Gasteiger partial charge in [0.2, 0.25) is 11.8 Å². The highest BCUT2D eigenvalue weighted by Gasteiger charge is 2.10. The Morgan fingerprint density at radius 2 is 2.45 bits per heavy atom. The van der Waals surface area contributed by atoms with Gasteiger partial charge >= 0.3 is 12.4 Å². The molecule has 58 valence electrons. The number of carbonyl (C=O) groups is 2. The van der Waals surface area contributed by atoms with E-state index >= 15 is 0 Å². The zero-order valence-corrected chi connectivity index (χ0v) is 5.27. The average molecular weight is 156 g/mol. The molecule has 1 heterocycles. The van der Waals surface area contributed by atoms with Crippen molar-refractivity contribution in [2.24, 2.45) is 0 Å². The van der Waals surface area contributed by atoms with E-state index in [9.17, 15) is 9.59 Å². The molecule has 0 fully saturated rings. The lowest BCUT2D eigenvalue weighted by atomic mass is 10.6. The summed E-state index contributed by atoms with van der Waals surface area (Å²) in [6.45, 7) is 0.00104. The molecule has 0 atom stereocenters. The van der Waals surface area contributed by atoms with Crippen LogP contribution in [0.1, 0.15) is 10.6 Å². The molecule has 0 amide bonds. The first-order chi connectivity index (χ1) is 5.24. The lowest BCUT2D eigenvalue weighted by Gasteiger charge is -1.87. The van der Waals surface area contributed by atoms with Crippen molar-refractivity contribution in [2.45, 2.75) is 0 Å². The number of nitrogens with two attached hydrogens (primary N) is 1. The normalized spacial score (nSPS) is 9.09. The smallest absolute Gasteiger partial charge is 0.383 e. The summed E-state index contributed by atoms with van der Waals surface area (Å²) in [7, 11) is 0. The minimum atomic E-state index is -0.913. The number of nitrogens with one attached hydrogen (secondary N) is 1. The molecule has 0 radical (unpaired) electrons. The molecule has 0 saturated carbocycles. The Morgan fingerprint density at radius 3 is 2.91 bits per heavy atom. The number of esters is 1. The van der Waals surface area contributed by atoms with E-state index in [-0.39, 0.29) is 18.2 Å². The van der Waals surface area contributed by atoms with Gasteiger partial charge in [-0.3, -0.25) is 9.89 Å². The Labute approximate surface area is 60.6 Å². The van der Waals surface area contributed by atoms with E-state index in [1.807, 2.05) is 0 Å². The molecule has 0 unspecified atom stereocenters. The number of nitrogens with zero attached hydrogens (tertiary/aromatic N) is 2. The third-order valence-electron chi connectivity index (χ3n) is 0.851. The van der Waals surface area contributed by atoms with Crippen LogP contribution in [-0.2, 0) is 9.53 Å². The van der Waals surface area contributed by atoms with Gasteiger partial charge in [0.25, 0.3) is 0 Å². The first-order valence-corrected chi connectivity index (χ1v) is 2.56. The zero-order chi connectivity index (χ0) is 8.27. The fraction of sp³-hybridized carbons (Fsp3) is 0. The minimum absolute atomic E-state index is 0.00104. The van der Waals surface area contributed by atoms with Gasteiger partial charge in [0.05, 0.1) is 0 Å². The number of carbonyl (C=O) groups excluding carboxylic acids is 2. The van der Waals surface area contributed by atoms with E-state index < -0.39 is 5.97 Å². The van der Waals surface area contributed by atoms with Crippen molar-refractivity contribution in [3.05, 3.63) is 5.82 Å². The number of rotatable bonds is 2. The Morgan fingerprint density at radius 1 is 1.73 bits per heavy atom. The highest BCUT2D eigenvalue weighted by atomic mass is 16.6. The van der Waals surface area contributed by atoms with E-state index in [4.69, 9.17) is 5.73 Å². The number of H-pyrrole nitrogens is 1. The van der Waals surface area contributed by atoms with Gasteiger partial charge in [-0.2, -0.15) is 4.98 Å². The Kier molecular flexibility index (Phi) is 1.81. The second-order valence-corrected chi connectivity index (χ2v) is 1.54. The molecular weight excluding hydrogens is 152 g/mol. The number of nitrogen functional groups attached to an aromatic ring is 1. The second-order valence-electron chi connectivity index (χ2n) is 1.54. The quantitative estimate of drug-likeness (QED) is 0.312. The van der Waals surface area contributed by atoms with Gasteiger partial charge in [0.1, 0.15) is 0 Å². The summed E-state index contributed by atoms with van der Waals surface area (Å²) in [5, 5.41) is 5.52. The molecule has 0 bridgehead atoms. The van der Waals surface area contributed by atoms with Gasteiger partial charge in [-0.15, -0.1) is 5.10 Å². The van der Waals surface area contributed by atoms with E-state index in [1.54, 1.807) is 0 Å². The molecule has 0 saturated heterocycles. The van der Waals surface area contributed by atoms with Crippen molar-refractivity contribution in [1.29, 1.82) is 0 Å². The average Bonchev–Trinajstić information content (AvgIpc) is 2.36. The highest BCUT2D eigenvalue weighted by molar-refractivity contribution is 5.89. The first kappa shape index (κ1) is 7.19. The number of ether oxygens (including phenoxy) is 1. The summed E-state index contributed by atoms with van der Waals surface area (Å²) in [6.07, 6.45) is 0. The van der Waals surface area contributed by atoms with Crippen LogP contribution in [0.4, 0.5) is 5.95 Å². The summed E-state index contributed by atoms with van der Waals surface area (Å²) in [6, 6.07) is 0. The van der Waals surface area contributed by atoms with Gasteiger partial charge in [0, 0.05) is 0 Å². The molecule has 0 aliphatic heterocycles. The molecule has 1 aromatic heterocycles. The standard InChI is InChI=1S/C4H4N4O3/c5-4-6-2(7-8-4)3(10)11-1-9/h1H,(H3,5,6,7,8). The van der Waals surface area contributed by atoms with Crippen LogP contribution >= 0.6 is 0 Å². The number of aromatic nitrogens is 3. The van der Waals surface area contributed by atoms with Crippen molar-refractivity contribution in [3.63, 3.8) is 0 Å². The van der Waals surface area contributed by atoms with Crippen molar-refractivity contribution < 1.29 is 14.3 Å². The largest absolute Gasteiger partial charge is 0.389 e. The summed E-state index contributed by atoms with van der Waals surface area (Å²) >= 11 is 0. The van der Waals surface area contributed by atoms with Crippen molar-refractivity contribution in [3.8, 4) is 0 Å². The predicted octanol–water partition coefficient (Wildman–Crippen LogP) is -1.30. The van der Waals surface area contributed by atoms with Crippen LogP contribution in [0.15, 0.2) is 0 Å². The van der Waals surface area contributed by atoms with Crippen LogP contribution in [0.5, 0.6) is 0 Å². The van der Waals surface area contributed by atoms with E-state index in [0.717, 1.165) is 0 Å². The van der Waals surface area contributed by atoms with Crippen LogP contribution in [-0.4, -0.2) is 27.6 Å². The molecule has 0 aliphatic carbocycles. The SMILES string of the molecule is Nc1n[nH]c(C(=O)OC=O)n1. The topological polar surface area (TPSA) is 111 Å². The van der Waals surface area contributed by atoms with Gasteiger partial charge in [-0.05, 0) is 0 Å². The third kappa shape index (κ3) is 1.51. The maximum atomic E-state index is 10.6. The fourth-order valence-corrected chi connectivity index (χ4v) is 0.466. The number of anilines is 1.